The zero-order valence-corrected chi connectivity index (χ0v) is 17.2. The van der Waals surface area contributed by atoms with E-state index in [2.05, 4.69) is 15.3 Å². The number of nitrogens with zero attached hydrogens (tertiary/aromatic N) is 2. The Labute approximate surface area is 163 Å². The normalized spacial score (nSPS) is 11.2. The molecular formula is C21H25N3O2S. The van der Waals surface area contributed by atoms with Crippen molar-refractivity contribution in [1.82, 2.24) is 15.3 Å². The SMILES string of the molecule is CCc1nc(C)c2c(C)c(C(=O)NCc3ccc(OC(C)C)cc3)sc2n1. The summed E-state index contributed by atoms with van der Waals surface area (Å²) in [5.74, 6) is 1.58. The van der Waals surface area contributed by atoms with Crippen molar-refractivity contribution < 1.29 is 9.53 Å². The van der Waals surface area contributed by atoms with Gasteiger partial charge in [0.25, 0.3) is 5.91 Å². The average Bonchev–Trinajstić information content (AvgIpc) is 2.97. The maximum absolute atomic E-state index is 12.7. The van der Waals surface area contributed by atoms with E-state index in [1.54, 1.807) is 0 Å². The second kappa shape index (κ2) is 8.05. The molecule has 0 saturated heterocycles. The van der Waals surface area contributed by atoms with Crippen LogP contribution in [0.2, 0.25) is 0 Å². The minimum absolute atomic E-state index is 0.0737. The first-order chi connectivity index (χ1) is 12.9. The van der Waals surface area contributed by atoms with Crippen molar-refractivity contribution in [2.75, 3.05) is 0 Å². The van der Waals surface area contributed by atoms with Gasteiger partial charge in [-0.25, -0.2) is 9.97 Å². The van der Waals surface area contributed by atoms with Crippen molar-refractivity contribution >= 4 is 27.5 Å². The van der Waals surface area contributed by atoms with Crippen LogP contribution in [-0.2, 0) is 13.0 Å². The lowest BCUT2D eigenvalue weighted by molar-refractivity contribution is 0.0954. The van der Waals surface area contributed by atoms with E-state index < -0.39 is 0 Å². The molecular weight excluding hydrogens is 358 g/mol. The summed E-state index contributed by atoms with van der Waals surface area (Å²) in [6.07, 6.45) is 0.928. The number of carbonyl (C=O) groups excluding carboxylic acids is 1. The molecule has 3 rings (SSSR count). The van der Waals surface area contributed by atoms with Crippen molar-refractivity contribution in [2.45, 2.75) is 53.7 Å². The first kappa shape index (κ1) is 19.3. The van der Waals surface area contributed by atoms with Gasteiger partial charge in [0, 0.05) is 24.0 Å². The molecule has 27 heavy (non-hydrogen) atoms. The van der Waals surface area contributed by atoms with E-state index in [1.165, 1.54) is 11.3 Å². The first-order valence-corrected chi connectivity index (χ1v) is 10.0. The lowest BCUT2D eigenvalue weighted by Gasteiger charge is -2.10. The Hall–Kier alpha value is -2.47. The molecule has 0 radical (unpaired) electrons. The van der Waals surface area contributed by atoms with E-state index in [0.717, 1.165) is 45.0 Å². The second-order valence-corrected chi connectivity index (χ2v) is 7.81. The fourth-order valence-electron chi connectivity index (χ4n) is 2.99. The molecule has 142 valence electrons. The summed E-state index contributed by atoms with van der Waals surface area (Å²) < 4.78 is 5.64. The quantitative estimate of drug-likeness (QED) is 0.676. The first-order valence-electron chi connectivity index (χ1n) is 9.19. The fourth-order valence-corrected chi connectivity index (χ4v) is 4.16. The second-order valence-electron chi connectivity index (χ2n) is 6.81. The zero-order chi connectivity index (χ0) is 19.6. The third-order valence-corrected chi connectivity index (χ3v) is 5.47. The highest BCUT2D eigenvalue weighted by Gasteiger charge is 2.18. The number of hydrogen-bond donors (Lipinski definition) is 1. The summed E-state index contributed by atoms with van der Waals surface area (Å²) in [6, 6.07) is 7.80. The minimum atomic E-state index is -0.0737. The molecule has 0 spiro atoms. The molecule has 2 aromatic heterocycles. The van der Waals surface area contributed by atoms with Gasteiger partial charge in [-0.15, -0.1) is 11.3 Å². The van der Waals surface area contributed by atoms with Gasteiger partial charge < -0.3 is 10.1 Å². The van der Waals surface area contributed by atoms with Crippen LogP contribution in [0.1, 0.15) is 53.1 Å². The summed E-state index contributed by atoms with van der Waals surface area (Å²) in [7, 11) is 0. The van der Waals surface area contributed by atoms with Crippen molar-refractivity contribution in [3.63, 3.8) is 0 Å². The zero-order valence-electron chi connectivity index (χ0n) is 16.4. The summed E-state index contributed by atoms with van der Waals surface area (Å²) in [4.78, 5) is 23.4. The number of rotatable bonds is 6. The molecule has 2 heterocycles. The molecule has 0 aliphatic carbocycles. The Morgan fingerprint density at radius 3 is 2.52 bits per heavy atom. The van der Waals surface area contributed by atoms with E-state index in [4.69, 9.17) is 4.74 Å². The van der Waals surface area contributed by atoms with Gasteiger partial charge in [0.05, 0.1) is 11.0 Å². The summed E-state index contributed by atoms with van der Waals surface area (Å²) >= 11 is 1.44. The summed E-state index contributed by atoms with van der Waals surface area (Å²) in [6.45, 7) is 10.4. The smallest absolute Gasteiger partial charge is 0.261 e. The van der Waals surface area contributed by atoms with E-state index in [0.29, 0.717) is 11.4 Å². The number of ether oxygens (including phenoxy) is 1. The number of thiophene rings is 1. The van der Waals surface area contributed by atoms with Gasteiger partial charge in [-0.2, -0.15) is 0 Å². The number of hydrogen-bond acceptors (Lipinski definition) is 5. The molecule has 0 aliphatic heterocycles. The number of carbonyl (C=O) groups is 1. The van der Waals surface area contributed by atoms with Crippen molar-refractivity contribution in [3.05, 3.63) is 51.8 Å². The predicted octanol–water partition coefficient (Wildman–Crippen LogP) is 4.59. The van der Waals surface area contributed by atoms with Gasteiger partial charge in [0.1, 0.15) is 16.4 Å². The van der Waals surface area contributed by atoms with E-state index in [9.17, 15) is 4.79 Å². The highest BCUT2D eigenvalue weighted by atomic mass is 32.1. The van der Waals surface area contributed by atoms with Gasteiger partial charge in [0.15, 0.2) is 0 Å². The Bertz CT molecular complexity index is 962. The number of fused-ring (bicyclic) bond motifs is 1. The highest BCUT2D eigenvalue weighted by molar-refractivity contribution is 7.20. The summed E-state index contributed by atoms with van der Waals surface area (Å²) in [5.41, 5.74) is 2.92. The van der Waals surface area contributed by atoms with Gasteiger partial charge in [0.2, 0.25) is 0 Å². The molecule has 0 aliphatic rings. The molecule has 1 N–H and O–H groups in total. The predicted molar refractivity (Wildman–Crippen MR) is 110 cm³/mol. The molecule has 0 saturated carbocycles. The van der Waals surface area contributed by atoms with E-state index in [-0.39, 0.29) is 12.0 Å². The molecule has 1 aromatic carbocycles. The maximum Gasteiger partial charge on any atom is 0.261 e. The van der Waals surface area contributed by atoms with Crippen LogP contribution in [0.4, 0.5) is 0 Å². The van der Waals surface area contributed by atoms with Gasteiger partial charge >= 0.3 is 0 Å². The van der Waals surface area contributed by atoms with E-state index in [1.807, 2.05) is 58.9 Å². The lowest BCUT2D eigenvalue weighted by atomic mass is 10.1. The molecule has 6 heteroatoms. The van der Waals surface area contributed by atoms with Crippen molar-refractivity contribution in [1.29, 1.82) is 0 Å². The van der Waals surface area contributed by atoms with Crippen LogP contribution in [-0.4, -0.2) is 22.0 Å². The molecule has 5 nitrogen and oxygen atoms in total. The van der Waals surface area contributed by atoms with Gasteiger partial charge in [-0.1, -0.05) is 19.1 Å². The molecule has 0 bridgehead atoms. The van der Waals surface area contributed by atoms with Crippen LogP contribution in [0.5, 0.6) is 5.75 Å². The Kier molecular flexibility index (Phi) is 5.75. The Morgan fingerprint density at radius 1 is 1.19 bits per heavy atom. The largest absolute Gasteiger partial charge is 0.491 e. The Morgan fingerprint density at radius 2 is 1.89 bits per heavy atom. The van der Waals surface area contributed by atoms with Crippen LogP contribution < -0.4 is 10.1 Å². The van der Waals surface area contributed by atoms with E-state index >= 15 is 0 Å². The molecule has 0 atom stereocenters. The Balaban J connectivity index is 1.74. The number of aromatic nitrogens is 2. The summed E-state index contributed by atoms with van der Waals surface area (Å²) in [5, 5.41) is 4.01. The monoisotopic (exact) mass is 383 g/mol. The van der Waals surface area contributed by atoms with Crippen LogP contribution in [0, 0.1) is 13.8 Å². The van der Waals surface area contributed by atoms with Crippen LogP contribution in [0.15, 0.2) is 24.3 Å². The molecule has 0 fully saturated rings. The number of nitrogens with one attached hydrogen (secondary N) is 1. The highest BCUT2D eigenvalue weighted by Crippen LogP contribution is 2.31. The standard InChI is InChI=1S/C21H25N3O2S/c1-6-17-23-14(5)18-13(4)19(27-21(18)24-17)20(25)22-11-15-7-9-16(10-8-15)26-12(2)3/h7-10,12H,6,11H2,1-5H3,(H,22,25). The van der Waals surface area contributed by atoms with Gasteiger partial charge in [-0.3, -0.25) is 4.79 Å². The fraction of sp³-hybridized carbons (Fsp3) is 0.381. The van der Waals surface area contributed by atoms with Gasteiger partial charge in [-0.05, 0) is 51.0 Å². The number of amides is 1. The van der Waals surface area contributed by atoms with Crippen molar-refractivity contribution in [2.24, 2.45) is 0 Å². The lowest BCUT2D eigenvalue weighted by Crippen LogP contribution is -2.22. The topological polar surface area (TPSA) is 64.1 Å². The average molecular weight is 384 g/mol. The maximum atomic E-state index is 12.7. The molecule has 3 aromatic rings. The van der Waals surface area contributed by atoms with Crippen LogP contribution >= 0.6 is 11.3 Å². The third-order valence-electron chi connectivity index (χ3n) is 4.29. The van der Waals surface area contributed by atoms with Crippen molar-refractivity contribution in [3.8, 4) is 5.75 Å². The third kappa shape index (κ3) is 4.27. The minimum Gasteiger partial charge on any atom is -0.491 e. The van der Waals surface area contributed by atoms with Crippen LogP contribution in [0.3, 0.4) is 0 Å². The number of benzene rings is 1. The molecule has 1 amide bonds. The molecule has 0 unspecified atom stereocenters. The van der Waals surface area contributed by atoms with Crippen LogP contribution in [0.25, 0.3) is 10.2 Å². The number of aryl methyl sites for hydroxylation is 3.